The van der Waals surface area contributed by atoms with Crippen molar-refractivity contribution >= 4 is 6.29 Å². The third-order valence-electron chi connectivity index (χ3n) is 3.67. The van der Waals surface area contributed by atoms with E-state index in [1.807, 2.05) is 38.1 Å². The molecule has 0 heterocycles. The first kappa shape index (κ1) is 26.3. The van der Waals surface area contributed by atoms with Crippen LogP contribution >= 0.6 is 0 Å². The van der Waals surface area contributed by atoms with E-state index in [0.717, 1.165) is 37.5 Å². The highest BCUT2D eigenvalue weighted by molar-refractivity contribution is 5.74. The fourth-order valence-corrected chi connectivity index (χ4v) is 2.16. The summed E-state index contributed by atoms with van der Waals surface area (Å²) >= 11 is 0. The molecule has 0 spiro atoms. The Balaban J connectivity index is 0. The lowest BCUT2D eigenvalue weighted by atomic mass is 10.1. The Labute approximate surface area is 162 Å². The van der Waals surface area contributed by atoms with Crippen molar-refractivity contribution in [3.8, 4) is 0 Å². The number of unbranched alkanes of at least 4 members (excludes halogenated alkanes) is 1. The summed E-state index contributed by atoms with van der Waals surface area (Å²) in [6, 6.07) is 7.83. The van der Waals surface area contributed by atoms with Gasteiger partial charge < -0.3 is 0 Å². The van der Waals surface area contributed by atoms with Gasteiger partial charge in [-0.3, -0.25) is 4.79 Å². The van der Waals surface area contributed by atoms with Crippen LogP contribution in [0.25, 0.3) is 0 Å². The fourth-order valence-electron chi connectivity index (χ4n) is 2.16. The zero-order chi connectivity index (χ0) is 20.0. The Kier molecular flexibility index (Phi) is 21.4. The van der Waals surface area contributed by atoms with Crippen LogP contribution in [-0.4, -0.2) is 6.29 Å². The van der Waals surface area contributed by atoms with Gasteiger partial charge in [-0.15, -0.1) is 0 Å². The average Bonchev–Trinajstić information content (AvgIpc) is 2.69. The van der Waals surface area contributed by atoms with Crippen molar-refractivity contribution in [2.24, 2.45) is 0 Å². The lowest BCUT2D eigenvalue weighted by Gasteiger charge is -2.01. The molecule has 0 unspecified atom stereocenters. The second kappa shape index (κ2) is 21.2. The lowest BCUT2D eigenvalue weighted by Crippen LogP contribution is -1.86. The summed E-state index contributed by atoms with van der Waals surface area (Å²) in [7, 11) is 0. The van der Waals surface area contributed by atoms with Gasteiger partial charge in [0.15, 0.2) is 0 Å². The molecule has 1 heteroatoms. The van der Waals surface area contributed by atoms with Crippen molar-refractivity contribution in [1.29, 1.82) is 0 Å². The summed E-state index contributed by atoms with van der Waals surface area (Å²) in [4.78, 5) is 10.5. The van der Waals surface area contributed by atoms with Gasteiger partial charge >= 0.3 is 0 Å². The monoisotopic (exact) mass is 356 g/mol. The minimum absolute atomic E-state index is 0.747. The molecule has 0 radical (unpaired) electrons. The summed E-state index contributed by atoms with van der Waals surface area (Å²) in [6.45, 7) is 12.5. The van der Waals surface area contributed by atoms with Gasteiger partial charge in [-0.05, 0) is 58.4 Å². The third kappa shape index (κ3) is 17.0. The number of allylic oxidation sites excluding steroid dienone is 6. The predicted octanol–water partition coefficient (Wildman–Crippen LogP) is 8.12. The molecular weight excluding hydrogens is 316 g/mol. The van der Waals surface area contributed by atoms with Gasteiger partial charge in [0.2, 0.25) is 0 Å². The molecule has 1 nitrogen and oxygen atoms in total. The van der Waals surface area contributed by atoms with E-state index >= 15 is 0 Å². The number of hydrogen-bond donors (Lipinski definition) is 0. The highest BCUT2D eigenvalue weighted by Gasteiger charge is 1.94. The number of rotatable bonds is 9. The number of hydrogen-bond acceptors (Lipinski definition) is 1. The van der Waals surface area contributed by atoms with Crippen molar-refractivity contribution in [3.63, 3.8) is 0 Å². The van der Waals surface area contributed by atoms with E-state index in [-0.39, 0.29) is 0 Å². The van der Waals surface area contributed by atoms with E-state index < -0.39 is 0 Å². The standard InChI is InChI=1S/C17H22O.C6H12.C2H6/c1-3-4-5-7-15(2)8-6-9-16-10-12-17(14-18)13-11-16;1-3-5-6-4-2;1-2/h3-4,8,10-14H,5-7,9H2,1-2H3;3,5H,4,6H2,1-2H3;1-2H3/b4-3-,15-8+;5-3-;. The molecule has 0 aliphatic heterocycles. The van der Waals surface area contributed by atoms with Gasteiger partial charge in [-0.1, -0.05) is 87.4 Å². The number of benzene rings is 1. The highest BCUT2D eigenvalue weighted by Crippen LogP contribution is 2.10. The molecule has 1 aromatic carbocycles. The van der Waals surface area contributed by atoms with E-state index in [9.17, 15) is 4.79 Å². The number of aryl methyl sites for hydroxylation is 1. The maximum Gasteiger partial charge on any atom is 0.150 e. The van der Waals surface area contributed by atoms with Crippen LogP contribution in [0.15, 0.2) is 60.2 Å². The van der Waals surface area contributed by atoms with Gasteiger partial charge in [0.05, 0.1) is 0 Å². The summed E-state index contributed by atoms with van der Waals surface area (Å²) in [6.07, 6.45) is 18.7. The minimum Gasteiger partial charge on any atom is -0.298 e. The second-order valence-electron chi connectivity index (χ2n) is 5.91. The quantitative estimate of drug-likeness (QED) is 0.322. The first-order valence-corrected chi connectivity index (χ1v) is 10.1. The van der Waals surface area contributed by atoms with E-state index in [4.69, 9.17) is 0 Å². The lowest BCUT2D eigenvalue weighted by molar-refractivity contribution is 0.112. The van der Waals surface area contributed by atoms with Crippen molar-refractivity contribution in [2.45, 2.75) is 80.1 Å². The Morgan fingerprint density at radius 2 is 1.50 bits per heavy atom. The molecule has 1 rings (SSSR count). The summed E-state index contributed by atoms with van der Waals surface area (Å²) < 4.78 is 0. The number of aldehydes is 1. The predicted molar refractivity (Wildman–Crippen MR) is 119 cm³/mol. The largest absolute Gasteiger partial charge is 0.298 e. The summed E-state index contributed by atoms with van der Waals surface area (Å²) in [5, 5.41) is 0. The molecule has 0 aliphatic carbocycles. The van der Waals surface area contributed by atoms with Crippen LogP contribution in [0.1, 0.15) is 89.6 Å². The molecule has 0 N–H and O–H groups in total. The molecular formula is C25H40O. The third-order valence-corrected chi connectivity index (χ3v) is 3.67. The van der Waals surface area contributed by atoms with Crippen LogP contribution in [0.3, 0.4) is 0 Å². The van der Waals surface area contributed by atoms with Crippen molar-refractivity contribution in [1.82, 2.24) is 0 Å². The van der Waals surface area contributed by atoms with Crippen molar-refractivity contribution in [3.05, 3.63) is 71.3 Å². The maximum absolute atomic E-state index is 10.5. The molecule has 0 bridgehead atoms. The zero-order valence-corrected chi connectivity index (χ0v) is 17.9. The van der Waals surface area contributed by atoms with Gasteiger partial charge in [0.25, 0.3) is 0 Å². The van der Waals surface area contributed by atoms with E-state index in [2.05, 4.69) is 58.1 Å². The van der Waals surface area contributed by atoms with Crippen LogP contribution in [0, 0.1) is 0 Å². The van der Waals surface area contributed by atoms with E-state index in [0.29, 0.717) is 0 Å². The molecule has 0 amide bonds. The molecule has 0 atom stereocenters. The Morgan fingerprint density at radius 3 is 1.96 bits per heavy atom. The Bertz CT molecular complexity index is 503. The Morgan fingerprint density at radius 1 is 0.923 bits per heavy atom. The van der Waals surface area contributed by atoms with Crippen LogP contribution in [-0.2, 0) is 6.42 Å². The first-order valence-electron chi connectivity index (χ1n) is 10.1. The van der Waals surface area contributed by atoms with Crippen LogP contribution in [0.2, 0.25) is 0 Å². The van der Waals surface area contributed by atoms with Crippen LogP contribution < -0.4 is 0 Å². The van der Waals surface area contributed by atoms with Gasteiger partial charge in [0, 0.05) is 5.56 Å². The first-order chi connectivity index (χ1) is 12.7. The van der Waals surface area contributed by atoms with Gasteiger partial charge in [-0.2, -0.15) is 0 Å². The molecule has 0 fully saturated rings. The Hall–Kier alpha value is -1.89. The summed E-state index contributed by atoms with van der Waals surface area (Å²) in [5.74, 6) is 0. The highest BCUT2D eigenvalue weighted by atomic mass is 16.1. The smallest absolute Gasteiger partial charge is 0.150 e. The minimum atomic E-state index is 0.747. The fraction of sp³-hybridized carbons (Fsp3) is 0.480. The van der Waals surface area contributed by atoms with Crippen LogP contribution in [0.4, 0.5) is 0 Å². The van der Waals surface area contributed by atoms with Gasteiger partial charge in [-0.25, -0.2) is 0 Å². The topological polar surface area (TPSA) is 17.1 Å². The SMILES string of the molecule is C/C=C\CC/C(C)=C/CCc1ccc(C=O)cc1.C/C=C\CCC.CC. The number of carbonyl (C=O) groups is 1. The molecule has 0 aliphatic rings. The molecule has 1 aromatic rings. The normalized spacial score (nSPS) is 10.9. The molecule has 26 heavy (non-hydrogen) atoms. The molecule has 0 aromatic heterocycles. The molecule has 0 saturated heterocycles. The zero-order valence-electron chi connectivity index (χ0n) is 17.9. The average molecular weight is 357 g/mol. The molecule has 0 saturated carbocycles. The van der Waals surface area contributed by atoms with Crippen LogP contribution in [0.5, 0.6) is 0 Å². The second-order valence-corrected chi connectivity index (χ2v) is 5.91. The van der Waals surface area contributed by atoms with Crippen molar-refractivity contribution in [2.75, 3.05) is 0 Å². The van der Waals surface area contributed by atoms with Gasteiger partial charge in [0.1, 0.15) is 6.29 Å². The maximum atomic E-state index is 10.5. The number of carbonyl (C=O) groups excluding carboxylic acids is 1. The van der Waals surface area contributed by atoms with E-state index in [1.54, 1.807) is 0 Å². The summed E-state index contributed by atoms with van der Waals surface area (Å²) in [5.41, 5.74) is 3.49. The van der Waals surface area contributed by atoms with Crippen molar-refractivity contribution < 1.29 is 4.79 Å². The molecule has 146 valence electrons. The van der Waals surface area contributed by atoms with E-state index in [1.165, 1.54) is 24.0 Å².